The van der Waals surface area contributed by atoms with Gasteiger partial charge in [0, 0.05) is 55.3 Å². The van der Waals surface area contributed by atoms with Gasteiger partial charge in [0.05, 0.1) is 28.3 Å². The molecule has 0 saturated carbocycles. The van der Waals surface area contributed by atoms with E-state index < -0.39 is 0 Å². The van der Waals surface area contributed by atoms with Crippen LogP contribution in [0.5, 0.6) is 0 Å². The number of carbonyl (C=O) groups is 1. The third-order valence-electron chi connectivity index (χ3n) is 5.84. The highest BCUT2D eigenvalue weighted by Crippen LogP contribution is 2.33. The molecule has 1 fully saturated rings. The molecule has 0 spiro atoms. The molecule has 0 unspecified atom stereocenters. The number of amides is 1. The van der Waals surface area contributed by atoms with E-state index in [4.69, 9.17) is 27.9 Å². The molecule has 0 atom stereocenters. The van der Waals surface area contributed by atoms with Crippen molar-refractivity contribution in [3.8, 4) is 6.07 Å². The number of nitrogens with zero attached hydrogens (tertiary/aromatic N) is 3. The number of aryl methyl sites for hydroxylation is 2. The van der Waals surface area contributed by atoms with Gasteiger partial charge in [0.1, 0.15) is 0 Å². The normalized spacial score (nSPS) is 14.1. The van der Waals surface area contributed by atoms with Gasteiger partial charge in [-0.05, 0) is 48.4 Å². The summed E-state index contributed by atoms with van der Waals surface area (Å²) in [4.78, 5) is 14.6. The van der Waals surface area contributed by atoms with Crippen molar-refractivity contribution in [2.45, 2.75) is 19.4 Å². The molecule has 30 heavy (non-hydrogen) atoms. The number of benzene rings is 2. The van der Waals surface area contributed by atoms with Crippen molar-refractivity contribution >= 4 is 40.0 Å². The van der Waals surface area contributed by atoms with Gasteiger partial charge in [0.15, 0.2) is 0 Å². The van der Waals surface area contributed by atoms with Gasteiger partial charge < -0.3 is 14.2 Å². The first kappa shape index (κ1) is 20.7. The van der Waals surface area contributed by atoms with Crippen LogP contribution in [0.2, 0.25) is 10.0 Å². The fourth-order valence-electron chi connectivity index (χ4n) is 3.93. The number of hydrogen-bond acceptors (Lipinski definition) is 3. The van der Waals surface area contributed by atoms with Crippen LogP contribution < -0.4 is 0 Å². The van der Waals surface area contributed by atoms with Crippen molar-refractivity contribution in [2.24, 2.45) is 7.05 Å². The first-order chi connectivity index (χ1) is 14.3. The minimum absolute atomic E-state index is 0.0804. The van der Waals surface area contributed by atoms with E-state index in [-0.39, 0.29) is 12.0 Å². The topological polar surface area (TPSA) is 58.3 Å². The Hall–Kier alpha value is -2.52. The lowest BCUT2D eigenvalue weighted by molar-refractivity contribution is -0.0191. The maximum absolute atomic E-state index is 12.9. The Kier molecular flexibility index (Phi) is 5.50. The summed E-state index contributed by atoms with van der Waals surface area (Å²) in [7, 11) is 3.60. The number of halogens is 2. The molecule has 1 aliphatic heterocycles. The number of nitriles is 1. The fourth-order valence-corrected chi connectivity index (χ4v) is 4.51. The van der Waals surface area contributed by atoms with E-state index in [1.165, 1.54) is 0 Å². The molecule has 0 N–H and O–H groups in total. The molecule has 0 aliphatic carbocycles. The number of aromatic nitrogens is 1. The minimum atomic E-state index is -0.113. The van der Waals surface area contributed by atoms with Crippen LogP contribution in [-0.4, -0.2) is 41.7 Å². The lowest BCUT2D eigenvalue weighted by Gasteiger charge is -2.38. The van der Waals surface area contributed by atoms with Crippen molar-refractivity contribution in [1.82, 2.24) is 9.47 Å². The van der Waals surface area contributed by atoms with Crippen LogP contribution in [-0.2, 0) is 18.2 Å². The molecule has 7 heteroatoms. The van der Waals surface area contributed by atoms with E-state index in [0.29, 0.717) is 40.7 Å². The maximum atomic E-state index is 12.9. The van der Waals surface area contributed by atoms with Gasteiger partial charge in [-0.25, -0.2) is 0 Å². The summed E-state index contributed by atoms with van der Waals surface area (Å²) in [6.45, 7) is 3.12. The monoisotopic (exact) mass is 441 g/mol. The van der Waals surface area contributed by atoms with Crippen LogP contribution in [0.4, 0.5) is 0 Å². The highest BCUT2D eigenvalue weighted by atomic mass is 35.5. The smallest absolute Gasteiger partial charge is 0.255 e. The number of carbonyl (C=O) groups excluding carboxylic acids is 1. The highest BCUT2D eigenvalue weighted by molar-refractivity contribution is 6.38. The second kappa shape index (κ2) is 7.96. The Morgan fingerprint density at radius 1 is 1.27 bits per heavy atom. The van der Waals surface area contributed by atoms with Crippen LogP contribution in [0.3, 0.4) is 0 Å². The molecule has 0 radical (unpaired) electrons. The van der Waals surface area contributed by atoms with Crippen LogP contribution in [0.15, 0.2) is 30.3 Å². The van der Waals surface area contributed by atoms with E-state index in [2.05, 4.69) is 12.1 Å². The zero-order valence-electron chi connectivity index (χ0n) is 17.0. The summed E-state index contributed by atoms with van der Waals surface area (Å²) in [5, 5.41) is 11.3. The molecular weight excluding hydrogens is 421 g/mol. The summed E-state index contributed by atoms with van der Waals surface area (Å²) in [6, 6.07) is 11.5. The lowest BCUT2D eigenvalue weighted by Crippen LogP contribution is -2.54. The van der Waals surface area contributed by atoms with Crippen molar-refractivity contribution in [1.29, 1.82) is 5.26 Å². The average Bonchev–Trinajstić information content (AvgIpc) is 3.00. The molecule has 1 aromatic heterocycles. The van der Waals surface area contributed by atoms with E-state index >= 15 is 0 Å². The van der Waals surface area contributed by atoms with Crippen LogP contribution in [0.25, 0.3) is 10.9 Å². The van der Waals surface area contributed by atoms with E-state index in [1.54, 1.807) is 24.1 Å². The number of rotatable bonds is 4. The van der Waals surface area contributed by atoms with Gasteiger partial charge in [-0.1, -0.05) is 23.2 Å². The van der Waals surface area contributed by atoms with Crippen LogP contribution in [0, 0.1) is 18.3 Å². The van der Waals surface area contributed by atoms with E-state index in [9.17, 15) is 10.1 Å². The summed E-state index contributed by atoms with van der Waals surface area (Å²) < 4.78 is 7.30. The molecule has 1 saturated heterocycles. The van der Waals surface area contributed by atoms with Gasteiger partial charge in [0.25, 0.3) is 5.91 Å². The van der Waals surface area contributed by atoms with Crippen molar-refractivity contribution in [3.63, 3.8) is 0 Å². The molecule has 0 bridgehead atoms. The van der Waals surface area contributed by atoms with Gasteiger partial charge in [-0.3, -0.25) is 4.79 Å². The molecule has 1 aliphatic rings. The number of hydrogen-bond donors (Lipinski definition) is 0. The summed E-state index contributed by atoms with van der Waals surface area (Å²) in [5.74, 6) is -0.113. The molecule has 4 rings (SSSR count). The number of likely N-dealkylation sites (tertiary alicyclic amines) is 1. The molecule has 5 nitrogen and oxygen atoms in total. The molecule has 2 aromatic carbocycles. The first-order valence-corrected chi connectivity index (χ1v) is 10.4. The Morgan fingerprint density at radius 2 is 2.00 bits per heavy atom. The van der Waals surface area contributed by atoms with E-state index in [1.807, 2.05) is 30.7 Å². The lowest BCUT2D eigenvalue weighted by atomic mass is 10.0. The predicted octanol–water partition coefficient (Wildman–Crippen LogP) is 4.73. The Morgan fingerprint density at radius 3 is 2.67 bits per heavy atom. The Balaban J connectivity index is 1.70. The molecule has 2 heterocycles. The highest BCUT2D eigenvalue weighted by Gasteiger charge is 2.32. The van der Waals surface area contributed by atoms with Gasteiger partial charge in [-0.15, -0.1) is 0 Å². The van der Waals surface area contributed by atoms with E-state index in [0.717, 1.165) is 27.7 Å². The van der Waals surface area contributed by atoms with Gasteiger partial charge >= 0.3 is 0 Å². The Labute approximate surface area is 185 Å². The van der Waals surface area contributed by atoms with Gasteiger partial charge in [-0.2, -0.15) is 5.26 Å². The number of fused-ring (bicyclic) bond motifs is 1. The Bertz CT molecular complexity index is 1200. The van der Waals surface area contributed by atoms with Crippen molar-refractivity contribution in [3.05, 3.63) is 68.3 Å². The third kappa shape index (κ3) is 3.45. The van der Waals surface area contributed by atoms with Crippen LogP contribution in [0.1, 0.15) is 32.7 Å². The average molecular weight is 442 g/mol. The zero-order valence-corrected chi connectivity index (χ0v) is 18.5. The van der Waals surface area contributed by atoms with Crippen molar-refractivity contribution in [2.75, 3.05) is 20.2 Å². The summed E-state index contributed by atoms with van der Waals surface area (Å²) >= 11 is 13.1. The minimum Gasteiger partial charge on any atom is -0.378 e. The standard InChI is InChI=1S/C23H21Cl2N3O2/c1-13-6-14(10-26)7-21-18(13)8-15(27(21)2)9-19-20(24)5-4-17(22(19)25)23(29)28-11-16(12-28)30-3/h4-8,16H,9,11-12H2,1-3H3. The summed E-state index contributed by atoms with van der Waals surface area (Å²) in [5.41, 5.74) is 4.81. The summed E-state index contributed by atoms with van der Waals surface area (Å²) in [6.07, 6.45) is 0.559. The molecular formula is C23H21Cl2N3O2. The third-order valence-corrected chi connectivity index (χ3v) is 6.63. The molecule has 1 amide bonds. The van der Waals surface area contributed by atoms with Crippen LogP contribution >= 0.6 is 23.2 Å². The quantitative estimate of drug-likeness (QED) is 0.587. The fraction of sp³-hybridized carbons (Fsp3) is 0.304. The van der Waals surface area contributed by atoms with Crippen molar-refractivity contribution < 1.29 is 9.53 Å². The maximum Gasteiger partial charge on any atom is 0.255 e. The largest absolute Gasteiger partial charge is 0.378 e. The molecule has 154 valence electrons. The van der Waals surface area contributed by atoms with Gasteiger partial charge in [0.2, 0.25) is 0 Å². The number of ether oxygens (including phenoxy) is 1. The second-order valence-electron chi connectivity index (χ2n) is 7.66. The molecule has 3 aromatic rings. The predicted molar refractivity (Wildman–Crippen MR) is 118 cm³/mol. The zero-order chi connectivity index (χ0) is 21.6. The number of methoxy groups -OCH3 is 1. The first-order valence-electron chi connectivity index (χ1n) is 9.62. The second-order valence-corrected chi connectivity index (χ2v) is 8.45. The SMILES string of the molecule is COC1CN(C(=O)c2ccc(Cl)c(Cc3cc4c(C)cc(C#N)cc4n3C)c2Cl)C1.